The summed E-state index contributed by atoms with van der Waals surface area (Å²) < 4.78 is 0. The summed E-state index contributed by atoms with van der Waals surface area (Å²) in [6.45, 7) is 13.1. The van der Waals surface area contributed by atoms with Crippen LogP contribution in [0.25, 0.3) is 5.70 Å². The van der Waals surface area contributed by atoms with Gasteiger partial charge in [0.2, 0.25) is 5.96 Å². The van der Waals surface area contributed by atoms with E-state index in [0.29, 0.717) is 5.92 Å². The molecule has 2 aliphatic rings. The van der Waals surface area contributed by atoms with E-state index >= 15 is 0 Å². The Bertz CT molecular complexity index is 990. The maximum absolute atomic E-state index is 5.02. The SMILES string of the molecule is C=C1C=C(c2ccncn2)N=C(N2CC(c3ccccc3CC)CC(C)(C)C2)N1C. The highest BCUT2D eigenvalue weighted by Gasteiger charge is 2.37. The van der Waals surface area contributed by atoms with Crippen molar-refractivity contribution >= 4 is 11.7 Å². The number of likely N-dealkylation sites (N-methyl/N-ethyl adjacent to an activating group) is 1. The van der Waals surface area contributed by atoms with Gasteiger partial charge >= 0.3 is 0 Å². The lowest BCUT2D eigenvalue weighted by Crippen LogP contribution is -2.52. The lowest BCUT2D eigenvalue weighted by Gasteiger charge is -2.46. The predicted octanol–water partition coefficient (Wildman–Crippen LogP) is 4.71. The Morgan fingerprint density at radius 2 is 2.00 bits per heavy atom. The number of likely N-dealkylation sites (tertiary alicyclic amines) is 1. The molecule has 0 bridgehead atoms. The number of hydrogen-bond donors (Lipinski definition) is 0. The number of benzene rings is 1. The molecule has 2 aromatic rings. The molecule has 0 N–H and O–H groups in total. The molecule has 0 amide bonds. The lowest BCUT2D eigenvalue weighted by molar-refractivity contribution is 0.147. The summed E-state index contributed by atoms with van der Waals surface area (Å²) >= 11 is 0. The zero-order chi connectivity index (χ0) is 21.3. The van der Waals surface area contributed by atoms with Gasteiger partial charge in [0.25, 0.3) is 0 Å². The van der Waals surface area contributed by atoms with Gasteiger partial charge in [-0.25, -0.2) is 15.0 Å². The van der Waals surface area contributed by atoms with Crippen LogP contribution in [0.2, 0.25) is 0 Å². The van der Waals surface area contributed by atoms with Crippen LogP contribution in [0.1, 0.15) is 49.9 Å². The van der Waals surface area contributed by atoms with E-state index in [0.717, 1.165) is 42.6 Å². The number of guanidine groups is 1. The van der Waals surface area contributed by atoms with E-state index in [2.05, 4.69) is 71.4 Å². The average Bonchev–Trinajstić information content (AvgIpc) is 2.75. The zero-order valence-electron chi connectivity index (χ0n) is 18.5. The van der Waals surface area contributed by atoms with Crippen molar-refractivity contribution in [3.05, 3.63) is 78.0 Å². The van der Waals surface area contributed by atoms with Gasteiger partial charge in [0.05, 0.1) is 11.4 Å². The van der Waals surface area contributed by atoms with E-state index in [1.54, 1.807) is 12.5 Å². The molecule has 0 aliphatic carbocycles. The number of aryl methyl sites for hydroxylation is 1. The van der Waals surface area contributed by atoms with E-state index in [1.807, 2.05) is 19.2 Å². The second-order valence-corrected chi connectivity index (χ2v) is 9.08. The van der Waals surface area contributed by atoms with Gasteiger partial charge in [-0.15, -0.1) is 0 Å². The molecule has 1 saturated heterocycles. The lowest BCUT2D eigenvalue weighted by atomic mass is 9.75. The van der Waals surface area contributed by atoms with Gasteiger partial charge in [0.15, 0.2) is 0 Å². The molecule has 1 atom stereocenters. The van der Waals surface area contributed by atoms with Crippen molar-refractivity contribution in [1.82, 2.24) is 19.8 Å². The van der Waals surface area contributed by atoms with Crippen LogP contribution < -0.4 is 0 Å². The first-order valence-electron chi connectivity index (χ1n) is 10.7. The number of aromatic nitrogens is 2. The fraction of sp³-hybridized carbons (Fsp3) is 0.400. The highest BCUT2D eigenvalue weighted by atomic mass is 15.4. The molecule has 3 heterocycles. The van der Waals surface area contributed by atoms with Gasteiger partial charge in [0.1, 0.15) is 6.33 Å². The third-order valence-corrected chi connectivity index (χ3v) is 6.12. The van der Waals surface area contributed by atoms with Crippen LogP contribution in [0, 0.1) is 5.41 Å². The van der Waals surface area contributed by atoms with Crippen molar-refractivity contribution < 1.29 is 0 Å². The van der Waals surface area contributed by atoms with Gasteiger partial charge in [-0.2, -0.15) is 0 Å². The highest BCUT2D eigenvalue weighted by molar-refractivity contribution is 5.90. The van der Waals surface area contributed by atoms with Crippen LogP contribution in [-0.4, -0.2) is 45.9 Å². The molecule has 2 aliphatic heterocycles. The fourth-order valence-electron chi connectivity index (χ4n) is 4.71. The summed E-state index contributed by atoms with van der Waals surface area (Å²) in [5, 5.41) is 0. The van der Waals surface area contributed by atoms with Gasteiger partial charge in [-0.05, 0) is 41.5 Å². The molecule has 5 heteroatoms. The maximum atomic E-state index is 5.02. The summed E-state index contributed by atoms with van der Waals surface area (Å²) in [5.74, 6) is 1.42. The third-order valence-electron chi connectivity index (χ3n) is 6.12. The van der Waals surface area contributed by atoms with Crippen LogP contribution in [0.3, 0.4) is 0 Å². The van der Waals surface area contributed by atoms with Crippen molar-refractivity contribution in [2.75, 3.05) is 20.1 Å². The quantitative estimate of drug-likeness (QED) is 0.747. The van der Waals surface area contributed by atoms with Gasteiger partial charge < -0.3 is 9.80 Å². The largest absolute Gasteiger partial charge is 0.341 e. The molecule has 1 aromatic heterocycles. The average molecular weight is 402 g/mol. The Labute approximate surface area is 179 Å². The Morgan fingerprint density at radius 3 is 2.73 bits per heavy atom. The first-order chi connectivity index (χ1) is 14.4. The summed E-state index contributed by atoms with van der Waals surface area (Å²) in [7, 11) is 2.05. The number of allylic oxidation sites excluding steroid dienone is 1. The minimum Gasteiger partial charge on any atom is -0.341 e. The summed E-state index contributed by atoms with van der Waals surface area (Å²) in [6, 6.07) is 10.8. The topological polar surface area (TPSA) is 44.6 Å². The predicted molar refractivity (Wildman–Crippen MR) is 123 cm³/mol. The fourth-order valence-corrected chi connectivity index (χ4v) is 4.71. The highest BCUT2D eigenvalue weighted by Crippen LogP contribution is 2.40. The van der Waals surface area contributed by atoms with Crippen molar-refractivity contribution in [1.29, 1.82) is 0 Å². The molecule has 30 heavy (non-hydrogen) atoms. The summed E-state index contributed by atoms with van der Waals surface area (Å²) in [5.41, 5.74) is 5.69. The van der Waals surface area contributed by atoms with Crippen LogP contribution in [0.4, 0.5) is 0 Å². The molecular weight excluding hydrogens is 370 g/mol. The molecule has 4 rings (SSSR count). The minimum absolute atomic E-state index is 0.185. The molecule has 0 radical (unpaired) electrons. The third kappa shape index (κ3) is 4.02. The van der Waals surface area contributed by atoms with Crippen molar-refractivity contribution in [3.8, 4) is 0 Å². The molecule has 1 unspecified atom stereocenters. The second-order valence-electron chi connectivity index (χ2n) is 9.08. The number of piperidine rings is 1. The summed E-state index contributed by atoms with van der Waals surface area (Å²) in [6.07, 6.45) is 7.54. The van der Waals surface area contributed by atoms with Crippen LogP contribution >= 0.6 is 0 Å². The monoisotopic (exact) mass is 401 g/mol. The number of hydrogen-bond acceptors (Lipinski definition) is 5. The van der Waals surface area contributed by atoms with E-state index < -0.39 is 0 Å². The van der Waals surface area contributed by atoms with Crippen LogP contribution in [-0.2, 0) is 6.42 Å². The maximum Gasteiger partial charge on any atom is 0.206 e. The van der Waals surface area contributed by atoms with Gasteiger partial charge in [0, 0.05) is 37.9 Å². The molecule has 1 fully saturated rings. The molecule has 1 aromatic carbocycles. The normalized spacial score (nSPS) is 21.3. The van der Waals surface area contributed by atoms with E-state index in [1.165, 1.54) is 17.5 Å². The van der Waals surface area contributed by atoms with E-state index in [-0.39, 0.29) is 5.41 Å². The molecule has 0 spiro atoms. The first kappa shape index (κ1) is 20.3. The molecule has 156 valence electrons. The van der Waals surface area contributed by atoms with Gasteiger partial charge in [-0.1, -0.05) is 51.6 Å². The first-order valence-corrected chi connectivity index (χ1v) is 10.7. The smallest absolute Gasteiger partial charge is 0.206 e. The van der Waals surface area contributed by atoms with Crippen molar-refractivity contribution in [3.63, 3.8) is 0 Å². The van der Waals surface area contributed by atoms with Crippen LogP contribution in [0.15, 0.2) is 66.2 Å². The minimum atomic E-state index is 0.185. The van der Waals surface area contributed by atoms with Gasteiger partial charge in [-0.3, -0.25) is 0 Å². The van der Waals surface area contributed by atoms with E-state index in [9.17, 15) is 0 Å². The molecule has 0 saturated carbocycles. The Kier molecular flexibility index (Phi) is 5.46. The van der Waals surface area contributed by atoms with E-state index in [4.69, 9.17) is 4.99 Å². The standard InChI is InChI=1S/C25H31N5/c1-6-19-9-7-8-10-21(19)20-14-25(3,4)16-30(15-20)24-28-23(13-18(2)29(24)5)22-11-12-26-17-27-22/h7-13,17,20H,2,6,14-16H2,1,3-5H3. The Balaban J connectivity index is 1.70. The van der Waals surface area contributed by atoms with Crippen molar-refractivity contribution in [2.24, 2.45) is 10.4 Å². The number of nitrogens with zero attached hydrogens (tertiary/aromatic N) is 5. The second kappa shape index (κ2) is 8.05. The molecular formula is C25H31N5. The zero-order valence-corrected chi connectivity index (χ0v) is 18.5. The molecule has 5 nitrogen and oxygen atoms in total. The number of aliphatic imine (C=N–C) groups is 1. The Hall–Kier alpha value is -2.95. The summed E-state index contributed by atoms with van der Waals surface area (Å²) in [4.78, 5) is 18.0. The van der Waals surface area contributed by atoms with Crippen LogP contribution in [0.5, 0.6) is 0 Å². The Morgan fingerprint density at radius 1 is 1.20 bits per heavy atom. The number of rotatable bonds is 3. The van der Waals surface area contributed by atoms with Crippen molar-refractivity contribution in [2.45, 2.75) is 39.5 Å².